The van der Waals surface area contributed by atoms with Crippen molar-refractivity contribution in [2.24, 2.45) is 5.41 Å². The van der Waals surface area contributed by atoms with E-state index in [0.29, 0.717) is 36.7 Å². The van der Waals surface area contributed by atoms with E-state index in [4.69, 9.17) is 4.74 Å². The summed E-state index contributed by atoms with van der Waals surface area (Å²) in [5, 5.41) is 7.66. The van der Waals surface area contributed by atoms with Crippen LogP contribution in [0.2, 0.25) is 0 Å². The first-order valence-electron chi connectivity index (χ1n) is 11.9. The van der Waals surface area contributed by atoms with Crippen molar-refractivity contribution in [1.82, 2.24) is 20.0 Å². The predicted octanol–water partition coefficient (Wildman–Crippen LogP) is 3.82. The zero-order chi connectivity index (χ0) is 22.6. The number of piperidine rings is 1. The van der Waals surface area contributed by atoms with Gasteiger partial charge in [0, 0.05) is 37.3 Å². The summed E-state index contributed by atoms with van der Waals surface area (Å²) in [4.78, 5) is 28.2. The molecule has 2 amide bonds. The molecule has 1 N–H and O–H groups in total. The van der Waals surface area contributed by atoms with E-state index in [1.54, 1.807) is 0 Å². The van der Waals surface area contributed by atoms with Gasteiger partial charge in [-0.25, -0.2) is 0 Å². The Morgan fingerprint density at radius 2 is 2.00 bits per heavy atom. The highest BCUT2D eigenvalue weighted by molar-refractivity contribution is 5.97. The number of fused-ring (bicyclic) bond motifs is 1. The van der Waals surface area contributed by atoms with E-state index in [9.17, 15) is 9.59 Å². The maximum absolute atomic E-state index is 13.3. The molecule has 0 saturated carbocycles. The van der Waals surface area contributed by atoms with Crippen LogP contribution in [0.25, 0.3) is 0 Å². The molecule has 2 aromatic rings. The lowest BCUT2D eigenvalue weighted by atomic mass is 9.75. The molecule has 0 aliphatic carbocycles. The molecule has 1 aromatic heterocycles. The lowest BCUT2D eigenvalue weighted by molar-refractivity contribution is 0.0463. The summed E-state index contributed by atoms with van der Waals surface area (Å²) in [6.45, 7) is 7.33. The number of amides is 2. The highest BCUT2D eigenvalue weighted by Gasteiger charge is 2.38. The van der Waals surface area contributed by atoms with Crippen molar-refractivity contribution in [1.29, 1.82) is 0 Å². The van der Waals surface area contributed by atoms with Gasteiger partial charge in [-0.05, 0) is 57.7 Å². The van der Waals surface area contributed by atoms with Crippen molar-refractivity contribution in [2.45, 2.75) is 58.9 Å². The van der Waals surface area contributed by atoms with Crippen LogP contribution in [0.1, 0.15) is 72.0 Å². The zero-order valence-corrected chi connectivity index (χ0v) is 19.2. The van der Waals surface area contributed by atoms with Gasteiger partial charge in [-0.1, -0.05) is 25.0 Å². The van der Waals surface area contributed by atoms with Gasteiger partial charge in [0.2, 0.25) is 0 Å². The summed E-state index contributed by atoms with van der Waals surface area (Å²) >= 11 is 0. The molecule has 1 fully saturated rings. The van der Waals surface area contributed by atoms with Gasteiger partial charge in [0.25, 0.3) is 11.8 Å². The molecule has 1 saturated heterocycles. The van der Waals surface area contributed by atoms with Gasteiger partial charge in [-0.2, -0.15) is 5.10 Å². The molecule has 0 radical (unpaired) electrons. The maximum atomic E-state index is 13.3. The third kappa shape index (κ3) is 4.81. The van der Waals surface area contributed by atoms with Crippen LogP contribution in [0, 0.1) is 12.3 Å². The molecule has 1 unspecified atom stereocenters. The van der Waals surface area contributed by atoms with Gasteiger partial charge in [0.1, 0.15) is 5.75 Å². The van der Waals surface area contributed by atoms with Crippen molar-refractivity contribution in [3.63, 3.8) is 0 Å². The number of benzene rings is 1. The molecule has 0 bridgehead atoms. The minimum atomic E-state index is -0.110. The van der Waals surface area contributed by atoms with Crippen LogP contribution in [-0.4, -0.2) is 52.7 Å². The first-order chi connectivity index (χ1) is 15.5. The second kappa shape index (κ2) is 9.76. The SMILES string of the molecule is CCn1nc(C(=O)N2CCCC3(CCCCCOc4ccccc4C(=O)NC3)C2)cc1C. The Labute approximate surface area is 190 Å². The highest BCUT2D eigenvalue weighted by atomic mass is 16.5. The van der Waals surface area contributed by atoms with Crippen molar-refractivity contribution in [2.75, 3.05) is 26.2 Å². The second-order valence-corrected chi connectivity index (χ2v) is 9.15. The quantitative estimate of drug-likeness (QED) is 0.773. The number of hydrogen-bond acceptors (Lipinski definition) is 4. The number of likely N-dealkylation sites (tertiary alicyclic amines) is 1. The standard InChI is InChI=1S/C25H34N4O3/c1-3-29-19(2)16-21(27-29)24(31)28-14-9-13-25(18-28)12-7-4-8-15-32-22-11-6-5-10-20(22)23(30)26-17-25/h5-6,10-11,16H,3-4,7-9,12-15,17-18H2,1-2H3,(H,26,30). The van der Waals surface area contributed by atoms with Crippen LogP contribution >= 0.6 is 0 Å². The third-order valence-corrected chi connectivity index (χ3v) is 6.81. The average Bonchev–Trinajstić information content (AvgIpc) is 3.19. The molecule has 1 atom stereocenters. The molecular formula is C25H34N4O3. The van der Waals surface area contributed by atoms with Crippen molar-refractivity contribution < 1.29 is 14.3 Å². The van der Waals surface area contributed by atoms with E-state index in [-0.39, 0.29) is 17.2 Å². The number of carbonyl (C=O) groups excluding carboxylic acids is 2. The number of nitrogens with zero attached hydrogens (tertiary/aromatic N) is 3. The van der Waals surface area contributed by atoms with Gasteiger partial charge in [0.15, 0.2) is 5.69 Å². The molecule has 2 aliphatic rings. The van der Waals surface area contributed by atoms with Crippen LogP contribution in [0.15, 0.2) is 30.3 Å². The second-order valence-electron chi connectivity index (χ2n) is 9.15. The van der Waals surface area contributed by atoms with Crippen LogP contribution in [0.4, 0.5) is 0 Å². The first kappa shape index (κ1) is 22.4. The van der Waals surface area contributed by atoms with Crippen LogP contribution in [-0.2, 0) is 6.54 Å². The number of ether oxygens (including phenoxy) is 1. The van der Waals surface area contributed by atoms with E-state index in [0.717, 1.165) is 57.3 Å². The minimum absolute atomic E-state index is 0.00411. The van der Waals surface area contributed by atoms with E-state index < -0.39 is 0 Å². The zero-order valence-electron chi connectivity index (χ0n) is 19.2. The Morgan fingerprint density at radius 3 is 2.81 bits per heavy atom. The summed E-state index contributed by atoms with van der Waals surface area (Å²) in [7, 11) is 0. The van der Waals surface area contributed by atoms with Crippen molar-refractivity contribution >= 4 is 11.8 Å². The number of aryl methyl sites for hydroxylation is 2. The highest BCUT2D eigenvalue weighted by Crippen LogP contribution is 2.36. The van der Waals surface area contributed by atoms with Gasteiger partial charge in [0.05, 0.1) is 12.2 Å². The van der Waals surface area contributed by atoms with Crippen LogP contribution < -0.4 is 10.1 Å². The van der Waals surface area contributed by atoms with Crippen molar-refractivity contribution in [3.8, 4) is 5.75 Å². The number of nitrogens with one attached hydrogen (secondary N) is 1. The summed E-state index contributed by atoms with van der Waals surface area (Å²) in [6, 6.07) is 9.31. The van der Waals surface area contributed by atoms with E-state index in [1.165, 1.54) is 0 Å². The lowest BCUT2D eigenvalue weighted by Gasteiger charge is -2.43. The molecule has 1 aromatic carbocycles. The molecule has 32 heavy (non-hydrogen) atoms. The Hall–Kier alpha value is -2.83. The molecule has 7 nitrogen and oxygen atoms in total. The fraction of sp³-hybridized carbons (Fsp3) is 0.560. The van der Waals surface area contributed by atoms with Gasteiger partial charge in [-0.15, -0.1) is 0 Å². The van der Waals surface area contributed by atoms with E-state index >= 15 is 0 Å². The van der Waals surface area contributed by atoms with Crippen LogP contribution in [0.5, 0.6) is 5.75 Å². The number of hydrogen-bond donors (Lipinski definition) is 1. The normalized spacial score (nSPS) is 22.3. The molecule has 7 heteroatoms. The molecule has 4 rings (SSSR count). The first-order valence-corrected chi connectivity index (χ1v) is 11.9. The van der Waals surface area contributed by atoms with E-state index in [2.05, 4.69) is 10.4 Å². The number of para-hydroxylation sites is 1. The monoisotopic (exact) mass is 438 g/mol. The maximum Gasteiger partial charge on any atom is 0.274 e. The summed E-state index contributed by atoms with van der Waals surface area (Å²) in [5.74, 6) is 0.527. The fourth-order valence-corrected chi connectivity index (χ4v) is 5.02. The Bertz CT molecular complexity index is 970. The molecule has 3 heterocycles. The Kier molecular flexibility index (Phi) is 6.82. The lowest BCUT2D eigenvalue weighted by Crippen LogP contribution is -2.51. The topological polar surface area (TPSA) is 76.5 Å². The summed E-state index contributed by atoms with van der Waals surface area (Å²) < 4.78 is 7.73. The Morgan fingerprint density at radius 1 is 1.19 bits per heavy atom. The fourth-order valence-electron chi connectivity index (χ4n) is 5.02. The Balaban J connectivity index is 1.52. The number of rotatable bonds is 2. The molecular weight excluding hydrogens is 404 g/mol. The van der Waals surface area contributed by atoms with E-state index in [1.807, 2.05) is 53.8 Å². The molecule has 172 valence electrons. The van der Waals surface area contributed by atoms with Gasteiger partial charge < -0.3 is 15.0 Å². The largest absolute Gasteiger partial charge is 0.493 e. The van der Waals surface area contributed by atoms with Gasteiger partial charge in [-0.3, -0.25) is 14.3 Å². The summed E-state index contributed by atoms with van der Waals surface area (Å²) in [5.41, 5.74) is 1.99. The molecule has 1 spiro atoms. The predicted molar refractivity (Wildman–Crippen MR) is 123 cm³/mol. The van der Waals surface area contributed by atoms with Crippen molar-refractivity contribution in [3.05, 3.63) is 47.3 Å². The minimum Gasteiger partial charge on any atom is -0.493 e. The number of carbonyl (C=O) groups is 2. The van der Waals surface area contributed by atoms with Crippen LogP contribution in [0.3, 0.4) is 0 Å². The number of aromatic nitrogens is 2. The third-order valence-electron chi connectivity index (χ3n) is 6.81. The average molecular weight is 439 g/mol. The van der Waals surface area contributed by atoms with Gasteiger partial charge >= 0.3 is 0 Å². The smallest absolute Gasteiger partial charge is 0.274 e. The molecule has 2 aliphatic heterocycles. The summed E-state index contributed by atoms with van der Waals surface area (Å²) in [6.07, 6.45) is 6.04.